The minimum absolute atomic E-state index is 0.0598. The largest absolute Gasteiger partial charge is 0.481 e. The highest BCUT2D eigenvalue weighted by Gasteiger charge is 2.17. The summed E-state index contributed by atoms with van der Waals surface area (Å²) < 4.78 is 13.1. The predicted molar refractivity (Wildman–Crippen MR) is 63.4 cm³/mol. The van der Waals surface area contributed by atoms with E-state index in [0.717, 1.165) is 12.1 Å². The summed E-state index contributed by atoms with van der Waals surface area (Å²) in [5, 5.41) is 21.5. The van der Waals surface area contributed by atoms with Gasteiger partial charge in [0.2, 0.25) is 0 Å². The van der Waals surface area contributed by atoms with Gasteiger partial charge in [-0.1, -0.05) is 11.6 Å². The first-order valence-corrected chi connectivity index (χ1v) is 5.38. The number of anilines is 1. The molecule has 0 saturated carbocycles. The fraction of sp³-hybridized carbons (Fsp3) is 0.300. The number of carbonyl (C=O) groups is 1. The van der Waals surface area contributed by atoms with Crippen LogP contribution in [0.25, 0.3) is 0 Å². The van der Waals surface area contributed by atoms with E-state index in [9.17, 15) is 19.3 Å². The number of nitro groups is 1. The van der Waals surface area contributed by atoms with Gasteiger partial charge in [-0.3, -0.25) is 14.9 Å². The molecule has 1 aromatic rings. The number of carboxylic acid groups (broad SMARTS) is 1. The van der Waals surface area contributed by atoms with Gasteiger partial charge in [0.25, 0.3) is 5.69 Å². The van der Waals surface area contributed by atoms with E-state index in [-0.39, 0.29) is 23.7 Å². The molecule has 0 fully saturated rings. The quantitative estimate of drug-likeness (QED) is 0.473. The summed E-state index contributed by atoms with van der Waals surface area (Å²) in [6.07, 6.45) is 0.233. The molecular weight excluding hydrogens is 267 g/mol. The van der Waals surface area contributed by atoms with Crippen LogP contribution in [-0.2, 0) is 4.79 Å². The van der Waals surface area contributed by atoms with E-state index in [0.29, 0.717) is 6.42 Å². The summed E-state index contributed by atoms with van der Waals surface area (Å²) in [7, 11) is 0. The third kappa shape index (κ3) is 3.85. The minimum Gasteiger partial charge on any atom is -0.481 e. The molecule has 8 heteroatoms. The molecule has 0 spiro atoms. The summed E-state index contributed by atoms with van der Waals surface area (Å²) in [6.45, 7) is 0.217. The lowest BCUT2D eigenvalue weighted by Gasteiger charge is -2.07. The first kappa shape index (κ1) is 14.2. The van der Waals surface area contributed by atoms with Gasteiger partial charge in [-0.25, -0.2) is 4.39 Å². The molecule has 0 aromatic heterocycles. The monoisotopic (exact) mass is 276 g/mol. The van der Waals surface area contributed by atoms with Crippen LogP contribution < -0.4 is 5.32 Å². The number of nitrogens with one attached hydrogen (secondary N) is 1. The summed E-state index contributed by atoms with van der Waals surface area (Å²) in [5.74, 6) is -1.83. The number of hydrogen-bond donors (Lipinski definition) is 2. The summed E-state index contributed by atoms with van der Waals surface area (Å²) in [5.41, 5.74) is -0.371. The third-order valence-electron chi connectivity index (χ3n) is 2.12. The molecule has 0 aliphatic carbocycles. The highest BCUT2D eigenvalue weighted by molar-refractivity contribution is 6.31. The Morgan fingerprint density at radius 1 is 1.56 bits per heavy atom. The molecule has 1 aromatic carbocycles. The molecule has 0 bridgehead atoms. The van der Waals surface area contributed by atoms with Gasteiger partial charge >= 0.3 is 5.97 Å². The number of rotatable bonds is 6. The normalized spacial score (nSPS) is 10.1. The van der Waals surface area contributed by atoms with Crippen LogP contribution in [0.1, 0.15) is 12.8 Å². The Labute approximate surface area is 107 Å². The molecule has 6 nitrogen and oxygen atoms in total. The van der Waals surface area contributed by atoms with Crippen molar-refractivity contribution in [3.8, 4) is 0 Å². The van der Waals surface area contributed by atoms with E-state index in [1.807, 2.05) is 0 Å². The Morgan fingerprint density at radius 2 is 2.22 bits per heavy atom. The molecule has 0 heterocycles. The van der Waals surface area contributed by atoms with E-state index in [4.69, 9.17) is 16.7 Å². The van der Waals surface area contributed by atoms with Crippen molar-refractivity contribution in [1.82, 2.24) is 0 Å². The summed E-state index contributed by atoms with van der Waals surface area (Å²) in [6, 6.07) is 1.83. The molecule has 98 valence electrons. The first-order valence-electron chi connectivity index (χ1n) is 5.01. The molecular formula is C10H10ClFN2O4. The van der Waals surface area contributed by atoms with Crippen molar-refractivity contribution in [2.75, 3.05) is 11.9 Å². The number of nitro benzene ring substituents is 1. The van der Waals surface area contributed by atoms with Crippen molar-refractivity contribution in [2.45, 2.75) is 12.8 Å². The van der Waals surface area contributed by atoms with Crippen molar-refractivity contribution >= 4 is 28.9 Å². The molecule has 0 atom stereocenters. The van der Waals surface area contributed by atoms with Crippen LogP contribution in [0.4, 0.5) is 15.8 Å². The number of aliphatic carboxylic acids is 1. The van der Waals surface area contributed by atoms with Crippen LogP contribution in [0.3, 0.4) is 0 Å². The van der Waals surface area contributed by atoms with Gasteiger partial charge in [-0.15, -0.1) is 0 Å². The number of nitrogens with zero attached hydrogens (tertiary/aromatic N) is 1. The van der Waals surface area contributed by atoms with Crippen molar-refractivity contribution in [3.05, 3.63) is 33.1 Å². The zero-order chi connectivity index (χ0) is 13.7. The maximum absolute atomic E-state index is 13.1. The number of benzene rings is 1. The Balaban J connectivity index is 2.77. The highest BCUT2D eigenvalue weighted by Crippen LogP contribution is 2.30. The van der Waals surface area contributed by atoms with Crippen LogP contribution in [0.15, 0.2) is 12.1 Å². The molecule has 0 saturated heterocycles. The van der Waals surface area contributed by atoms with Crippen LogP contribution in [0, 0.1) is 15.9 Å². The second-order valence-electron chi connectivity index (χ2n) is 3.46. The maximum Gasteiger partial charge on any atom is 0.303 e. The molecule has 2 N–H and O–H groups in total. The molecule has 0 aliphatic heterocycles. The van der Waals surface area contributed by atoms with Gasteiger partial charge < -0.3 is 10.4 Å². The van der Waals surface area contributed by atoms with Gasteiger partial charge in [-0.2, -0.15) is 0 Å². The standard InChI is InChI=1S/C10H10ClFN2O4/c11-6-4-8(13-3-1-2-10(15)16)9(14(17)18)5-7(6)12/h4-5,13H,1-3H2,(H,15,16). The number of hydrogen-bond acceptors (Lipinski definition) is 4. The average molecular weight is 277 g/mol. The zero-order valence-corrected chi connectivity index (χ0v) is 9.91. The minimum atomic E-state index is -0.955. The molecule has 0 unspecified atom stereocenters. The first-order chi connectivity index (χ1) is 8.41. The molecule has 18 heavy (non-hydrogen) atoms. The van der Waals surface area contributed by atoms with Crippen molar-refractivity contribution in [1.29, 1.82) is 0 Å². The lowest BCUT2D eigenvalue weighted by molar-refractivity contribution is -0.384. The van der Waals surface area contributed by atoms with Gasteiger partial charge in [0.05, 0.1) is 16.0 Å². The van der Waals surface area contributed by atoms with Crippen molar-refractivity contribution in [2.24, 2.45) is 0 Å². The maximum atomic E-state index is 13.1. The second kappa shape index (κ2) is 6.15. The molecule has 0 aliphatic rings. The topological polar surface area (TPSA) is 92.5 Å². The van der Waals surface area contributed by atoms with Crippen LogP contribution in [-0.4, -0.2) is 22.5 Å². The number of carboxylic acids is 1. The van der Waals surface area contributed by atoms with Gasteiger partial charge in [0.15, 0.2) is 0 Å². The van der Waals surface area contributed by atoms with Crippen molar-refractivity contribution in [3.63, 3.8) is 0 Å². The fourth-order valence-corrected chi connectivity index (χ4v) is 1.46. The zero-order valence-electron chi connectivity index (χ0n) is 9.15. The Bertz CT molecular complexity index is 481. The lowest BCUT2D eigenvalue weighted by atomic mass is 10.2. The highest BCUT2D eigenvalue weighted by atomic mass is 35.5. The number of halogens is 2. The Kier molecular flexibility index (Phi) is 4.85. The molecule has 0 radical (unpaired) electrons. The van der Waals surface area contributed by atoms with Gasteiger partial charge in [0.1, 0.15) is 11.5 Å². The van der Waals surface area contributed by atoms with E-state index < -0.39 is 22.4 Å². The molecule has 1 rings (SSSR count). The van der Waals surface area contributed by atoms with Crippen LogP contribution in [0.2, 0.25) is 5.02 Å². The van der Waals surface area contributed by atoms with E-state index >= 15 is 0 Å². The third-order valence-corrected chi connectivity index (χ3v) is 2.41. The predicted octanol–water partition coefficient (Wildman–Crippen LogP) is 2.66. The lowest BCUT2D eigenvalue weighted by Crippen LogP contribution is -2.07. The van der Waals surface area contributed by atoms with Gasteiger partial charge in [0, 0.05) is 13.0 Å². The average Bonchev–Trinajstić information content (AvgIpc) is 2.28. The summed E-state index contributed by atoms with van der Waals surface area (Å²) >= 11 is 5.52. The van der Waals surface area contributed by atoms with Crippen LogP contribution in [0.5, 0.6) is 0 Å². The van der Waals surface area contributed by atoms with E-state index in [2.05, 4.69) is 5.32 Å². The summed E-state index contributed by atoms with van der Waals surface area (Å²) in [4.78, 5) is 20.2. The van der Waals surface area contributed by atoms with E-state index in [1.54, 1.807) is 0 Å². The van der Waals surface area contributed by atoms with Crippen molar-refractivity contribution < 1.29 is 19.2 Å². The smallest absolute Gasteiger partial charge is 0.303 e. The Morgan fingerprint density at radius 3 is 2.78 bits per heavy atom. The molecule has 0 amide bonds. The van der Waals surface area contributed by atoms with Gasteiger partial charge in [-0.05, 0) is 12.5 Å². The fourth-order valence-electron chi connectivity index (χ4n) is 1.29. The van der Waals surface area contributed by atoms with Crippen LogP contribution >= 0.6 is 11.6 Å². The van der Waals surface area contributed by atoms with E-state index in [1.165, 1.54) is 0 Å². The Hall–Kier alpha value is -1.89. The second-order valence-corrected chi connectivity index (χ2v) is 3.87. The SMILES string of the molecule is O=C(O)CCCNc1cc(Cl)c(F)cc1[N+](=O)[O-].